The van der Waals surface area contributed by atoms with E-state index in [1.54, 1.807) is 0 Å². The summed E-state index contributed by atoms with van der Waals surface area (Å²) in [6.07, 6.45) is 60.4. The summed E-state index contributed by atoms with van der Waals surface area (Å²) < 4.78 is 34.6. The lowest BCUT2D eigenvalue weighted by molar-refractivity contribution is -0.870. The molecular weight excluding hydrogens is 894 g/mol. The normalized spacial score (nSPS) is 13.2. The zero-order valence-corrected chi connectivity index (χ0v) is 48.4. The second-order valence-electron chi connectivity index (χ2n) is 22.5. The minimum Gasteiger partial charge on any atom is -0.462 e. The molecule has 418 valence electrons. The van der Waals surface area contributed by atoms with Gasteiger partial charge in [-0.15, -0.1) is 0 Å². The van der Waals surface area contributed by atoms with Crippen molar-refractivity contribution >= 4 is 19.8 Å². The van der Waals surface area contributed by atoms with Crippen LogP contribution in [0.5, 0.6) is 0 Å². The van der Waals surface area contributed by atoms with E-state index >= 15 is 0 Å². The van der Waals surface area contributed by atoms with Gasteiger partial charge in [0.05, 0.1) is 27.7 Å². The first-order chi connectivity index (χ1) is 34.0. The smallest absolute Gasteiger partial charge is 0.462 e. The molecular formula is C60H121NO8P+. The summed E-state index contributed by atoms with van der Waals surface area (Å²) in [6.45, 7) is 4.52. The number of esters is 2. The molecule has 1 N–H and O–H groups in total. The summed E-state index contributed by atoms with van der Waals surface area (Å²) in [5.74, 6) is -0.771. The maximum absolute atomic E-state index is 12.8. The number of ether oxygens (including phenoxy) is 2. The van der Waals surface area contributed by atoms with Crippen molar-refractivity contribution in [3.05, 3.63) is 0 Å². The molecule has 0 heterocycles. The van der Waals surface area contributed by atoms with E-state index in [2.05, 4.69) is 13.8 Å². The highest BCUT2D eigenvalue weighted by molar-refractivity contribution is 7.47. The number of carbonyl (C=O) groups excluding carboxylic acids is 2. The maximum atomic E-state index is 12.8. The molecule has 9 nitrogen and oxygen atoms in total. The van der Waals surface area contributed by atoms with E-state index in [9.17, 15) is 19.0 Å². The van der Waals surface area contributed by atoms with Gasteiger partial charge in [-0.3, -0.25) is 18.6 Å². The van der Waals surface area contributed by atoms with Crippen LogP contribution in [0.4, 0.5) is 0 Å². The number of quaternary nitrogens is 1. The highest BCUT2D eigenvalue weighted by atomic mass is 31.2. The number of likely N-dealkylation sites (N-methyl/N-ethyl adjacent to an activating group) is 1. The first kappa shape index (κ1) is 69.0. The summed E-state index contributed by atoms with van der Waals surface area (Å²) in [4.78, 5) is 35.7. The Kier molecular flexibility index (Phi) is 52.1. The molecule has 0 aliphatic rings. The second-order valence-corrected chi connectivity index (χ2v) is 23.9. The Balaban J connectivity index is 4.07. The lowest BCUT2D eigenvalue weighted by Gasteiger charge is -2.24. The Bertz CT molecular complexity index is 1150. The minimum atomic E-state index is -4.38. The van der Waals surface area contributed by atoms with Gasteiger partial charge in [0.1, 0.15) is 19.8 Å². The SMILES string of the molecule is CCCCCCCCCCCCCCCCCCCCCCCCCCC(=O)OC(COC(=O)CCCCCCCCCCCCCCCCCCCCCCCC)COP(=O)(O)OCC[N+](C)(C)C. The Morgan fingerprint density at radius 1 is 0.386 bits per heavy atom. The number of phosphoric ester groups is 1. The van der Waals surface area contributed by atoms with Crippen LogP contribution in [-0.2, 0) is 32.7 Å². The molecule has 0 aromatic rings. The third-order valence-corrected chi connectivity index (χ3v) is 15.1. The van der Waals surface area contributed by atoms with E-state index < -0.39 is 26.5 Å². The molecule has 0 saturated carbocycles. The molecule has 0 aliphatic heterocycles. The van der Waals surface area contributed by atoms with Crippen molar-refractivity contribution in [3.8, 4) is 0 Å². The van der Waals surface area contributed by atoms with E-state index in [0.717, 1.165) is 38.5 Å². The molecule has 0 saturated heterocycles. The van der Waals surface area contributed by atoms with Crippen LogP contribution in [0.3, 0.4) is 0 Å². The first-order valence-corrected chi connectivity index (χ1v) is 32.3. The molecule has 0 bridgehead atoms. The maximum Gasteiger partial charge on any atom is 0.472 e. The summed E-state index contributed by atoms with van der Waals surface area (Å²) in [7, 11) is 1.50. The van der Waals surface area contributed by atoms with Gasteiger partial charge in [0.15, 0.2) is 6.10 Å². The molecule has 0 amide bonds. The fourth-order valence-corrected chi connectivity index (χ4v) is 10.1. The Hall–Kier alpha value is -0.990. The number of phosphoric acid groups is 1. The predicted molar refractivity (Wildman–Crippen MR) is 298 cm³/mol. The number of rotatable bonds is 58. The van der Waals surface area contributed by atoms with Crippen molar-refractivity contribution in [1.29, 1.82) is 0 Å². The molecule has 0 rings (SSSR count). The van der Waals surface area contributed by atoms with Gasteiger partial charge in [-0.25, -0.2) is 4.57 Å². The van der Waals surface area contributed by atoms with Gasteiger partial charge in [-0.05, 0) is 12.8 Å². The van der Waals surface area contributed by atoms with Crippen LogP contribution >= 0.6 is 7.82 Å². The van der Waals surface area contributed by atoms with E-state index in [1.807, 2.05) is 21.1 Å². The third-order valence-electron chi connectivity index (χ3n) is 14.1. The van der Waals surface area contributed by atoms with Crippen LogP contribution in [0.15, 0.2) is 0 Å². The number of nitrogens with zero attached hydrogens (tertiary/aromatic N) is 1. The van der Waals surface area contributed by atoms with E-state index in [-0.39, 0.29) is 25.6 Å². The van der Waals surface area contributed by atoms with Crippen molar-refractivity contribution in [2.45, 2.75) is 328 Å². The van der Waals surface area contributed by atoms with Crippen LogP contribution < -0.4 is 0 Å². The van der Waals surface area contributed by atoms with Gasteiger partial charge in [-0.1, -0.05) is 296 Å². The third kappa shape index (κ3) is 56.3. The van der Waals surface area contributed by atoms with Crippen molar-refractivity contribution < 1.29 is 42.1 Å². The number of hydrogen-bond donors (Lipinski definition) is 1. The van der Waals surface area contributed by atoms with Crippen LogP contribution in [0, 0.1) is 0 Å². The monoisotopic (exact) mass is 1010 g/mol. The highest BCUT2D eigenvalue weighted by Crippen LogP contribution is 2.43. The summed E-state index contributed by atoms with van der Waals surface area (Å²) >= 11 is 0. The summed E-state index contributed by atoms with van der Waals surface area (Å²) in [5.41, 5.74) is 0. The Morgan fingerprint density at radius 3 is 0.914 bits per heavy atom. The standard InChI is InChI=1S/C60H120NO8P/c1-6-8-10-12-14-16-18-20-22-24-26-28-30-31-33-35-37-39-41-43-45-47-49-51-53-60(63)69-58(57-68-70(64,65)67-55-54-61(3,4)5)56-66-59(62)52-50-48-46-44-42-40-38-36-34-32-29-27-25-23-21-19-17-15-13-11-9-7-2/h58H,6-57H2,1-5H3/p+1. The zero-order valence-electron chi connectivity index (χ0n) is 47.5. The number of carbonyl (C=O) groups is 2. The molecule has 0 fully saturated rings. The van der Waals surface area contributed by atoms with Gasteiger partial charge in [0.25, 0.3) is 0 Å². The molecule has 70 heavy (non-hydrogen) atoms. The largest absolute Gasteiger partial charge is 0.472 e. The van der Waals surface area contributed by atoms with Crippen LogP contribution in [0.25, 0.3) is 0 Å². The van der Waals surface area contributed by atoms with Gasteiger partial charge in [0.2, 0.25) is 0 Å². The van der Waals surface area contributed by atoms with Crippen molar-refractivity contribution in [2.75, 3.05) is 47.5 Å². The zero-order chi connectivity index (χ0) is 51.3. The van der Waals surface area contributed by atoms with Crippen LogP contribution in [0.2, 0.25) is 0 Å². The topological polar surface area (TPSA) is 108 Å². The lowest BCUT2D eigenvalue weighted by Crippen LogP contribution is -2.37. The fraction of sp³-hybridized carbons (Fsp3) is 0.967. The Labute approximate surface area is 435 Å². The molecule has 2 unspecified atom stereocenters. The molecule has 0 aliphatic carbocycles. The lowest BCUT2D eigenvalue weighted by atomic mass is 10.0. The van der Waals surface area contributed by atoms with Crippen molar-refractivity contribution in [3.63, 3.8) is 0 Å². The molecule has 2 atom stereocenters. The molecule has 0 aromatic heterocycles. The summed E-state index contributed by atoms with van der Waals surface area (Å²) in [6, 6.07) is 0. The molecule has 0 spiro atoms. The number of unbranched alkanes of at least 4 members (excludes halogenated alkanes) is 44. The van der Waals surface area contributed by atoms with Crippen molar-refractivity contribution in [2.24, 2.45) is 0 Å². The van der Waals surface area contributed by atoms with E-state index in [4.69, 9.17) is 18.5 Å². The van der Waals surface area contributed by atoms with Gasteiger partial charge < -0.3 is 18.9 Å². The quantitative estimate of drug-likeness (QED) is 0.0278. The van der Waals surface area contributed by atoms with Gasteiger partial charge in [-0.2, -0.15) is 0 Å². The van der Waals surface area contributed by atoms with E-state index in [1.165, 1.54) is 257 Å². The van der Waals surface area contributed by atoms with Crippen LogP contribution in [0.1, 0.15) is 322 Å². The second kappa shape index (κ2) is 52.9. The highest BCUT2D eigenvalue weighted by Gasteiger charge is 2.27. The first-order valence-electron chi connectivity index (χ1n) is 30.8. The minimum absolute atomic E-state index is 0.0375. The average Bonchev–Trinajstić information content (AvgIpc) is 3.32. The Morgan fingerprint density at radius 2 is 0.643 bits per heavy atom. The number of hydrogen-bond acceptors (Lipinski definition) is 7. The van der Waals surface area contributed by atoms with Crippen molar-refractivity contribution in [1.82, 2.24) is 0 Å². The summed E-state index contributed by atoms with van der Waals surface area (Å²) in [5, 5.41) is 0. The average molecular weight is 1020 g/mol. The van der Waals surface area contributed by atoms with E-state index in [0.29, 0.717) is 17.4 Å². The molecule has 0 aromatic carbocycles. The molecule has 0 radical (unpaired) electrons. The van der Waals surface area contributed by atoms with Gasteiger partial charge in [0, 0.05) is 12.8 Å². The van der Waals surface area contributed by atoms with Gasteiger partial charge >= 0.3 is 19.8 Å². The van der Waals surface area contributed by atoms with Crippen LogP contribution in [-0.4, -0.2) is 74.9 Å². The fourth-order valence-electron chi connectivity index (χ4n) is 9.37. The molecule has 10 heteroatoms. The predicted octanol–water partition coefficient (Wildman–Crippen LogP) is 19.0.